The van der Waals surface area contributed by atoms with Crippen LogP contribution in [0.1, 0.15) is 26.2 Å². The summed E-state index contributed by atoms with van der Waals surface area (Å²) in [6.07, 6.45) is 9.41. The molecular weight excluding hydrogens is 428 g/mol. The first-order chi connectivity index (χ1) is 15.5. The van der Waals surface area contributed by atoms with Gasteiger partial charge in [0.2, 0.25) is 10.0 Å². The Balaban J connectivity index is 1.31. The van der Waals surface area contributed by atoms with E-state index in [2.05, 4.69) is 41.9 Å². The first-order valence-electron chi connectivity index (χ1n) is 10.9. The zero-order chi connectivity index (χ0) is 22.3. The van der Waals surface area contributed by atoms with E-state index in [0.29, 0.717) is 31.2 Å². The van der Waals surface area contributed by atoms with Gasteiger partial charge in [-0.05, 0) is 25.8 Å². The number of sulfonamides is 1. The van der Waals surface area contributed by atoms with Crippen molar-refractivity contribution in [2.24, 2.45) is 0 Å². The van der Waals surface area contributed by atoms with Crippen LogP contribution in [0.5, 0.6) is 0 Å². The Morgan fingerprint density at radius 2 is 2.06 bits per heavy atom. The first-order valence-corrected chi connectivity index (χ1v) is 12.5. The van der Waals surface area contributed by atoms with E-state index in [1.807, 2.05) is 12.3 Å². The van der Waals surface area contributed by atoms with Gasteiger partial charge in [0.15, 0.2) is 5.65 Å². The van der Waals surface area contributed by atoms with E-state index in [1.165, 1.54) is 6.33 Å². The van der Waals surface area contributed by atoms with Crippen LogP contribution < -0.4 is 0 Å². The van der Waals surface area contributed by atoms with E-state index in [4.69, 9.17) is 0 Å². The average molecular weight is 455 g/mol. The number of nitriles is 1. The molecule has 0 unspecified atom stereocenters. The van der Waals surface area contributed by atoms with E-state index < -0.39 is 10.0 Å². The summed E-state index contributed by atoms with van der Waals surface area (Å²) in [5.74, 6) is 0.153. The fraction of sp³-hybridized carbons (Fsp3) is 0.524. The van der Waals surface area contributed by atoms with Crippen LogP contribution in [0, 0.1) is 11.3 Å². The highest BCUT2D eigenvalue weighted by atomic mass is 32.2. The summed E-state index contributed by atoms with van der Waals surface area (Å²) in [5, 5.41) is 17.3. The SMILES string of the molecule is CCS(=O)(=O)N1CCC(N2CC(CC#N)(n3ccc(-c4ncnc5[nH]ncc45)c3)C2)CC1. The Labute approximate surface area is 186 Å². The molecule has 0 saturated carbocycles. The second kappa shape index (κ2) is 7.95. The molecule has 0 spiro atoms. The van der Waals surface area contributed by atoms with Gasteiger partial charge in [-0.15, -0.1) is 0 Å². The van der Waals surface area contributed by atoms with Crippen LogP contribution >= 0.6 is 0 Å². The molecule has 0 amide bonds. The van der Waals surface area contributed by atoms with Crippen molar-refractivity contribution in [2.45, 2.75) is 37.8 Å². The maximum Gasteiger partial charge on any atom is 0.213 e. The lowest BCUT2D eigenvalue weighted by molar-refractivity contribution is -0.0313. The number of H-pyrrole nitrogens is 1. The van der Waals surface area contributed by atoms with E-state index in [0.717, 1.165) is 42.6 Å². The van der Waals surface area contributed by atoms with Gasteiger partial charge in [-0.25, -0.2) is 22.7 Å². The number of nitrogens with one attached hydrogen (secondary N) is 1. The molecular formula is C21H26N8O2S. The summed E-state index contributed by atoms with van der Waals surface area (Å²) >= 11 is 0. The van der Waals surface area contributed by atoms with Crippen molar-refractivity contribution in [3.63, 3.8) is 0 Å². The molecule has 0 radical (unpaired) electrons. The van der Waals surface area contributed by atoms with Crippen LogP contribution in [0.2, 0.25) is 0 Å². The predicted octanol–water partition coefficient (Wildman–Crippen LogP) is 1.56. The van der Waals surface area contributed by atoms with Crippen LogP contribution in [0.25, 0.3) is 22.3 Å². The van der Waals surface area contributed by atoms with Crippen LogP contribution in [0.4, 0.5) is 0 Å². The molecule has 32 heavy (non-hydrogen) atoms. The normalized spacial score (nSPS) is 20.2. The van der Waals surface area contributed by atoms with Crippen molar-refractivity contribution < 1.29 is 8.42 Å². The number of hydrogen-bond acceptors (Lipinski definition) is 7. The fourth-order valence-corrected chi connectivity index (χ4v) is 6.11. The number of nitrogens with zero attached hydrogens (tertiary/aromatic N) is 7. The van der Waals surface area contributed by atoms with Gasteiger partial charge in [0.25, 0.3) is 0 Å². The zero-order valence-electron chi connectivity index (χ0n) is 18.0. The van der Waals surface area contributed by atoms with Crippen molar-refractivity contribution in [1.82, 2.24) is 33.9 Å². The molecule has 10 nitrogen and oxygen atoms in total. The summed E-state index contributed by atoms with van der Waals surface area (Å²) in [4.78, 5) is 11.0. The number of aromatic nitrogens is 5. The number of aromatic amines is 1. The first kappa shape index (κ1) is 21.1. The maximum atomic E-state index is 12.1. The third kappa shape index (κ3) is 3.48. The minimum absolute atomic E-state index is 0.153. The van der Waals surface area contributed by atoms with Gasteiger partial charge < -0.3 is 4.57 Å². The van der Waals surface area contributed by atoms with Gasteiger partial charge in [0, 0.05) is 50.2 Å². The highest BCUT2D eigenvalue weighted by Gasteiger charge is 2.47. The van der Waals surface area contributed by atoms with Crippen LogP contribution in [0.3, 0.4) is 0 Å². The number of fused-ring (bicyclic) bond motifs is 1. The average Bonchev–Trinajstić information content (AvgIpc) is 3.46. The van der Waals surface area contributed by atoms with Gasteiger partial charge >= 0.3 is 0 Å². The predicted molar refractivity (Wildman–Crippen MR) is 119 cm³/mol. The standard InChI is InChI=1S/C21H26N8O2S/c1-2-32(30,31)29-9-4-17(5-10-29)27-13-21(14-27,6-7-22)28-8-3-16(12-28)19-18-11-25-26-20(18)24-15-23-19/h3,8,11-12,15,17H,2,4-6,9-10,13-14H2,1H3,(H,23,24,25,26). The van der Waals surface area contributed by atoms with Crippen molar-refractivity contribution >= 4 is 21.1 Å². The van der Waals surface area contributed by atoms with Gasteiger partial charge in [-0.3, -0.25) is 10.00 Å². The molecule has 3 aromatic heterocycles. The summed E-state index contributed by atoms with van der Waals surface area (Å²) in [6.45, 7) is 4.41. The number of likely N-dealkylation sites (tertiary alicyclic amines) is 1. The lowest BCUT2D eigenvalue weighted by Gasteiger charge is -2.54. The summed E-state index contributed by atoms with van der Waals surface area (Å²) in [7, 11) is -3.12. The number of hydrogen-bond donors (Lipinski definition) is 1. The van der Waals surface area contributed by atoms with Gasteiger partial charge in [0.05, 0.1) is 41.1 Å². The van der Waals surface area contributed by atoms with E-state index in [-0.39, 0.29) is 11.3 Å². The smallest absolute Gasteiger partial charge is 0.213 e. The number of rotatable bonds is 6. The topological polar surface area (TPSA) is 124 Å². The van der Waals surface area contributed by atoms with Gasteiger partial charge in [0.1, 0.15) is 6.33 Å². The molecule has 2 saturated heterocycles. The molecule has 168 valence electrons. The Kier molecular flexibility index (Phi) is 5.23. The van der Waals surface area contributed by atoms with Crippen LogP contribution in [-0.4, -0.2) is 80.3 Å². The largest absolute Gasteiger partial charge is 0.344 e. The lowest BCUT2D eigenvalue weighted by atomic mass is 9.83. The summed E-state index contributed by atoms with van der Waals surface area (Å²) < 4.78 is 28.0. The van der Waals surface area contributed by atoms with E-state index >= 15 is 0 Å². The summed E-state index contributed by atoms with van der Waals surface area (Å²) in [6, 6.07) is 4.74. The minimum atomic E-state index is -3.12. The number of piperidine rings is 1. The van der Waals surface area contributed by atoms with E-state index in [1.54, 1.807) is 17.4 Å². The van der Waals surface area contributed by atoms with E-state index in [9.17, 15) is 13.7 Å². The second-order valence-corrected chi connectivity index (χ2v) is 10.9. The molecule has 0 bridgehead atoms. The molecule has 3 aromatic rings. The second-order valence-electron chi connectivity index (χ2n) is 8.66. The molecule has 0 aliphatic carbocycles. The van der Waals surface area contributed by atoms with Crippen molar-refractivity contribution in [3.05, 3.63) is 31.0 Å². The highest BCUT2D eigenvalue weighted by molar-refractivity contribution is 7.89. The molecule has 0 atom stereocenters. The molecule has 11 heteroatoms. The zero-order valence-corrected chi connectivity index (χ0v) is 18.8. The van der Waals surface area contributed by atoms with Gasteiger partial charge in [-0.1, -0.05) is 0 Å². The lowest BCUT2D eigenvalue weighted by Crippen LogP contribution is -2.66. The Hall–Kier alpha value is -2.81. The Morgan fingerprint density at radius 3 is 2.78 bits per heavy atom. The van der Waals surface area contributed by atoms with Crippen molar-refractivity contribution in [2.75, 3.05) is 31.9 Å². The third-order valence-electron chi connectivity index (χ3n) is 6.86. The van der Waals surface area contributed by atoms with Crippen molar-refractivity contribution in [1.29, 1.82) is 5.26 Å². The Bertz CT molecular complexity index is 1260. The third-order valence-corrected chi connectivity index (χ3v) is 8.74. The molecule has 0 aromatic carbocycles. The molecule has 5 heterocycles. The highest BCUT2D eigenvalue weighted by Crippen LogP contribution is 2.38. The maximum absolute atomic E-state index is 12.1. The summed E-state index contributed by atoms with van der Waals surface area (Å²) in [5.41, 5.74) is 2.20. The molecule has 5 rings (SSSR count). The molecule has 2 fully saturated rings. The fourth-order valence-electron chi connectivity index (χ4n) is 4.98. The monoisotopic (exact) mass is 454 g/mol. The van der Waals surface area contributed by atoms with Crippen LogP contribution in [-0.2, 0) is 15.6 Å². The quantitative estimate of drug-likeness (QED) is 0.599. The molecule has 2 aliphatic heterocycles. The van der Waals surface area contributed by atoms with Crippen LogP contribution in [0.15, 0.2) is 31.0 Å². The molecule has 1 N–H and O–H groups in total. The minimum Gasteiger partial charge on any atom is -0.344 e. The molecule has 2 aliphatic rings. The van der Waals surface area contributed by atoms with Crippen molar-refractivity contribution in [3.8, 4) is 17.3 Å². The van der Waals surface area contributed by atoms with Gasteiger partial charge in [-0.2, -0.15) is 10.4 Å². The Morgan fingerprint density at radius 1 is 1.28 bits per heavy atom.